The highest BCUT2D eigenvalue weighted by molar-refractivity contribution is 5.47. The number of nitrogen functional groups attached to an aromatic ring is 1. The lowest BCUT2D eigenvalue weighted by atomic mass is 10.0. The molecule has 0 bridgehead atoms. The third kappa shape index (κ3) is 2.09. The number of hydrogen-bond donors (Lipinski definition) is 1. The molecule has 3 rings (SSSR count). The number of anilines is 2. The summed E-state index contributed by atoms with van der Waals surface area (Å²) in [5, 5.41) is 0. The number of ether oxygens (including phenoxy) is 1. The van der Waals surface area contributed by atoms with E-state index in [1.807, 2.05) is 12.1 Å². The molecule has 1 aliphatic carbocycles. The number of nitrogens with zero attached hydrogens (tertiary/aromatic N) is 2. The minimum absolute atomic E-state index is 0.605. The Hall–Kier alpha value is -1.29. The zero-order chi connectivity index (χ0) is 11.7. The van der Waals surface area contributed by atoms with Crippen LogP contribution in [-0.2, 0) is 4.74 Å². The van der Waals surface area contributed by atoms with Gasteiger partial charge in [0.15, 0.2) is 0 Å². The highest BCUT2D eigenvalue weighted by Crippen LogP contribution is 2.33. The summed E-state index contributed by atoms with van der Waals surface area (Å²) in [6.07, 6.45) is 5.60. The maximum atomic E-state index is 5.69. The standard InChI is InChI=1S/C13H19N3O/c14-11-4-5-13(15-8-11)16-6-7-17-9-10-2-1-3-12(10)16/h4-5,8,10,12H,1-3,6-7,9,14H2. The van der Waals surface area contributed by atoms with Gasteiger partial charge in [-0.1, -0.05) is 6.42 Å². The van der Waals surface area contributed by atoms with Gasteiger partial charge in [-0.25, -0.2) is 4.98 Å². The van der Waals surface area contributed by atoms with Crippen molar-refractivity contribution in [3.8, 4) is 0 Å². The molecule has 0 aromatic carbocycles. The number of aromatic nitrogens is 1. The molecular weight excluding hydrogens is 214 g/mol. The quantitative estimate of drug-likeness (QED) is 0.801. The van der Waals surface area contributed by atoms with Crippen LogP contribution in [0.25, 0.3) is 0 Å². The van der Waals surface area contributed by atoms with Crippen LogP contribution in [0.1, 0.15) is 19.3 Å². The summed E-state index contributed by atoms with van der Waals surface area (Å²) < 4.78 is 5.69. The SMILES string of the molecule is Nc1ccc(N2CCOCC3CCCC32)nc1. The molecule has 17 heavy (non-hydrogen) atoms. The zero-order valence-corrected chi connectivity index (χ0v) is 10.0. The second-order valence-corrected chi connectivity index (χ2v) is 4.98. The van der Waals surface area contributed by atoms with Crippen molar-refractivity contribution in [1.29, 1.82) is 0 Å². The lowest BCUT2D eigenvalue weighted by Crippen LogP contribution is -2.38. The molecule has 92 valence electrons. The van der Waals surface area contributed by atoms with Gasteiger partial charge in [0.1, 0.15) is 5.82 Å². The Morgan fingerprint density at radius 2 is 2.29 bits per heavy atom. The van der Waals surface area contributed by atoms with E-state index in [4.69, 9.17) is 10.5 Å². The fourth-order valence-corrected chi connectivity index (χ4v) is 3.04. The van der Waals surface area contributed by atoms with E-state index in [2.05, 4.69) is 9.88 Å². The van der Waals surface area contributed by atoms with E-state index in [0.717, 1.165) is 31.3 Å². The largest absolute Gasteiger partial charge is 0.397 e. The molecular formula is C13H19N3O. The molecule has 0 spiro atoms. The zero-order valence-electron chi connectivity index (χ0n) is 10.0. The fourth-order valence-electron chi connectivity index (χ4n) is 3.04. The number of nitrogens with two attached hydrogens (primary N) is 1. The second-order valence-electron chi connectivity index (χ2n) is 4.98. The molecule has 2 unspecified atom stereocenters. The van der Waals surface area contributed by atoms with Crippen LogP contribution in [0.4, 0.5) is 11.5 Å². The normalized spacial score (nSPS) is 28.8. The average molecular weight is 233 g/mol. The first-order valence-corrected chi connectivity index (χ1v) is 6.40. The molecule has 2 aliphatic rings. The van der Waals surface area contributed by atoms with Crippen molar-refractivity contribution in [2.45, 2.75) is 25.3 Å². The van der Waals surface area contributed by atoms with Gasteiger partial charge in [0.25, 0.3) is 0 Å². The Kier molecular flexibility index (Phi) is 2.89. The molecule has 2 N–H and O–H groups in total. The summed E-state index contributed by atoms with van der Waals surface area (Å²) in [6.45, 7) is 2.66. The minimum atomic E-state index is 0.605. The van der Waals surface area contributed by atoms with Gasteiger partial charge >= 0.3 is 0 Å². The predicted octanol–water partition coefficient (Wildman–Crippen LogP) is 1.67. The highest BCUT2D eigenvalue weighted by Gasteiger charge is 2.34. The first-order chi connectivity index (χ1) is 8.34. The number of hydrogen-bond acceptors (Lipinski definition) is 4. The molecule has 1 saturated heterocycles. The van der Waals surface area contributed by atoms with Crippen molar-refractivity contribution in [2.75, 3.05) is 30.4 Å². The van der Waals surface area contributed by atoms with Crippen LogP contribution in [0, 0.1) is 5.92 Å². The van der Waals surface area contributed by atoms with E-state index in [-0.39, 0.29) is 0 Å². The van der Waals surface area contributed by atoms with Crippen LogP contribution in [0.15, 0.2) is 18.3 Å². The molecule has 4 nitrogen and oxygen atoms in total. The van der Waals surface area contributed by atoms with E-state index in [9.17, 15) is 0 Å². The van der Waals surface area contributed by atoms with Gasteiger partial charge in [-0.2, -0.15) is 0 Å². The van der Waals surface area contributed by atoms with Crippen molar-refractivity contribution >= 4 is 11.5 Å². The summed E-state index contributed by atoms with van der Waals surface area (Å²) in [7, 11) is 0. The maximum Gasteiger partial charge on any atom is 0.128 e. The number of rotatable bonds is 1. The topological polar surface area (TPSA) is 51.4 Å². The van der Waals surface area contributed by atoms with E-state index in [0.29, 0.717) is 12.0 Å². The minimum Gasteiger partial charge on any atom is -0.397 e. The molecule has 2 fully saturated rings. The summed E-state index contributed by atoms with van der Waals surface area (Å²) in [5.41, 5.74) is 6.41. The first kappa shape index (κ1) is 10.8. The van der Waals surface area contributed by atoms with Crippen LogP contribution in [0.2, 0.25) is 0 Å². The van der Waals surface area contributed by atoms with Gasteiger partial charge in [-0.05, 0) is 25.0 Å². The summed E-state index contributed by atoms with van der Waals surface area (Å²) in [5.74, 6) is 1.72. The van der Waals surface area contributed by atoms with Gasteiger partial charge in [0, 0.05) is 18.5 Å². The van der Waals surface area contributed by atoms with E-state index >= 15 is 0 Å². The van der Waals surface area contributed by atoms with Gasteiger partial charge in [0.2, 0.25) is 0 Å². The number of pyridine rings is 1. The van der Waals surface area contributed by atoms with Gasteiger partial charge in [-0.3, -0.25) is 0 Å². The Labute approximate surface area is 102 Å². The molecule has 1 aromatic rings. The summed E-state index contributed by atoms with van der Waals surface area (Å²) >= 11 is 0. The van der Waals surface area contributed by atoms with Crippen molar-refractivity contribution in [2.24, 2.45) is 5.92 Å². The third-order valence-corrected chi connectivity index (χ3v) is 3.89. The second kappa shape index (κ2) is 4.53. The van der Waals surface area contributed by atoms with E-state index in [1.165, 1.54) is 19.3 Å². The Morgan fingerprint density at radius 1 is 1.35 bits per heavy atom. The maximum absolute atomic E-state index is 5.69. The highest BCUT2D eigenvalue weighted by atomic mass is 16.5. The molecule has 1 aliphatic heterocycles. The molecule has 1 saturated carbocycles. The lowest BCUT2D eigenvalue weighted by Gasteiger charge is -2.30. The third-order valence-electron chi connectivity index (χ3n) is 3.89. The van der Waals surface area contributed by atoms with Crippen molar-refractivity contribution in [3.63, 3.8) is 0 Å². The average Bonchev–Trinajstić information content (AvgIpc) is 2.71. The van der Waals surface area contributed by atoms with Gasteiger partial charge in [-0.15, -0.1) is 0 Å². The molecule has 4 heteroatoms. The summed E-state index contributed by atoms with van der Waals surface area (Å²) in [6, 6.07) is 4.56. The summed E-state index contributed by atoms with van der Waals surface area (Å²) in [4.78, 5) is 6.86. The Bertz CT molecular complexity index is 379. The lowest BCUT2D eigenvalue weighted by molar-refractivity contribution is 0.121. The van der Waals surface area contributed by atoms with Gasteiger partial charge < -0.3 is 15.4 Å². The molecule has 2 atom stereocenters. The molecule has 0 radical (unpaired) electrons. The van der Waals surface area contributed by atoms with E-state index in [1.54, 1.807) is 6.20 Å². The van der Waals surface area contributed by atoms with Crippen LogP contribution < -0.4 is 10.6 Å². The molecule has 2 heterocycles. The number of fused-ring (bicyclic) bond motifs is 1. The van der Waals surface area contributed by atoms with Gasteiger partial charge in [0.05, 0.1) is 25.1 Å². The van der Waals surface area contributed by atoms with Crippen molar-refractivity contribution in [3.05, 3.63) is 18.3 Å². The van der Waals surface area contributed by atoms with Crippen LogP contribution in [0.3, 0.4) is 0 Å². The van der Waals surface area contributed by atoms with Crippen LogP contribution >= 0.6 is 0 Å². The van der Waals surface area contributed by atoms with Crippen LogP contribution in [0.5, 0.6) is 0 Å². The predicted molar refractivity (Wildman–Crippen MR) is 67.9 cm³/mol. The van der Waals surface area contributed by atoms with Crippen molar-refractivity contribution < 1.29 is 4.74 Å². The Balaban J connectivity index is 1.86. The Morgan fingerprint density at radius 3 is 3.12 bits per heavy atom. The smallest absolute Gasteiger partial charge is 0.128 e. The molecule has 1 aromatic heterocycles. The monoisotopic (exact) mass is 233 g/mol. The van der Waals surface area contributed by atoms with Crippen molar-refractivity contribution in [1.82, 2.24) is 4.98 Å². The molecule has 0 amide bonds. The van der Waals surface area contributed by atoms with Crippen LogP contribution in [-0.4, -0.2) is 30.8 Å². The van der Waals surface area contributed by atoms with E-state index < -0.39 is 0 Å². The fraction of sp³-hybridized carbons (Fsp3) is 0.615. The first-order valence-electron chi connectivity index (χ1n) is 6.40.